The number of thioether (sulfide) groups is 2. The second-order valence-corrected chi connectivity index (χ2v) is 44.4. The van der Waals surface area contributed by atoms with Crippen LogP contribution in [0.3, 0.4) is 0 Å². The zero-order valence-electron chi connectivity index (χ0n) is 68.4. The third-order valence-corrected chi connectivity index (χ3v) is 25.0. The zero-order chi connectivity index (χ0) is 75.5. The van der Waals surface area contributed by atoms with Crippen molar-refractivity contribution in [1.29, 1.82) is 0 Å². The van der Waals surface area contributed by atoms with E-state index in [4.69, 9.17) is 4.84 Å². The Labute approximate surface area is 605 Å². The number of oxime groups is 1. The minimum Gasteiger partial charge on any atom is -0.387 e. The first-order valence-corrected chi connectivity index (χ1v) is 39.3. The highest BCUT2D eigenvalue weighted by Crippen LogP contribution is 2.54. The monoisotopic (exact) mass is 1410 g/mol. The Morgan fingerprint density at radius 2 is 0.837 bits per heavy atom. The van der Waals surface area contributed by atoms with Gasteiger partial charge < -0.3 is 4.84 Å². The Balaban J connectivity index is 0.000000222. The Morgan fingerprint density at radius 3 is 1.20 bits per heavy atom. The molecule has 8 atom stereocenters. The van der Waals surface area contributed by atoms with Crippen molar-refractivity contribution < 1.29 is 37.6 Å². The average molecular weight is 1410 g/mol. The van der Waals surface area contributed by atoms with E-state index in [2.05, 4.69) is 211 Å². The van der Waals surface area contributed by atoms with Gasteiger partial charge in [-0.15, -0.1) is 23.5 Å². The van der Waals surface area contributed by atoms with Crippen LogP contribution < -0.4 is 0 Å². The molecular weight excluding hydrogens is 1270 g/mol. The summed E-state index contributed by atoms with van der Waals surface area (Å²) >= 11 is 4.19. The van der Waals surface area contributed by atoms with Crippen molar-refractivity contribution in [2.45, 2.75) is 360 Å². The second kappa shape index (κ2) is 30.1. The average Bonchev–Trinajstić information content (AvgIpc) is 1.61. The maximum Gasteiger partial charge on any atom is 0.262 e. The van der Waals surface area contributed by atoms with Crippen molar-refractivity contribution in [3.8, 4) is 0 Å². The van der Waals surface area contributed by atoms with Crippen molar-refractivity contribution in [3.05, 3.63) is 35.4 Å². The molecule has 8 aliphatic rings. The molecule has 9 rings (SSSR count). The molecule has 1 aliphatic carbocycles. The lowest BCUT2D eigenvalue weighted by Gasteiger charge is -2.40. The van der Waals surface area contributed by atoms with Crippen molar-refractivity contribution in [2.75, 3.05) is 44.2 Å². The van der Waals surface area contributed by atoms with Gasteiger partial charge in [0.1, 0.15) is 0 Å². The van der Waals surface area contributed by atoms with Gasteiger partial charge in [0, 0.05) is 100 Å². The number of nitrogens with zero attached hydrogens (tertiary/aromatic N) is 6. The molecule has 0 bridgehead atoms. The van der Waals surface area contributed by atoms with Crippen LogP contribution in [0.25, 0.3) is 0 Å². The summed E-state index contributed by atoms with van der Waals surface area (Å²) in [6.07, 6.45) is 7.94. The predicted octanol–water partition coefficient (Wildman–Crippen LogP) is 18.2. The molecule has 0 saturated carbocycles. The molecular formula is C82H142F2N6O6S2. The molecule has 12 nitrogen and oxygen atoms in total. The van der Waals surface area contributed by atoms with E-state index in [-0.39, 0.29) is 102 Å². The summed E-state index contributed by atoms with van der Waals surface area (Å²) in [6.45, 7) is 72.2. The normalized spacial score (nSPS) is 28.0. The molecule has 0 aromatic heterocycles. The van der Waals surface area contributed by atoms with Gasteiger partial charge >= 0.3 is 0 Å². The highest BCUT2D eigenvalue weighted by Gasteiger charge is 2.58. The van der Waals surface area contributed by atoms with E-state index in [9.17, 15) is 32.8 Å². The molecule has 1 aromatic rings. The van der Waals surface area contributed by atoms with E-state index in [1.165, 1.54) is 29.1 Å². The Bertz CT molecular complexity index is 2900. The Morgan fingerprint density at radius 1 is 0.480 bits per heavy atom. The largest absolute Gasteiger partial charge is 0.387 e. The van der Waals surface area contributed by atoms with E-state index < -0.39 is 22.9 Å². The van der Waals surface area contributed by atoms with E-state index >= 15 is 0 Å². The van der Waals surface area contributed by atoms with Gasteiger partial charge in [0.05, 0.1) is 46.5 Å². The number of likely N-dealkylation sites (tertiary alicyclic amines) is 5. The minimum absolute atomic E-state index is 0.0316. The minimum atomic E-state index is -2.75. The summed E-state index contributed by atoms with van der Waals surface area (Å²) < 4.78 is 27.3. The van der Waals surface area contributed by atoms with Crippen molar-refractivity contribution >= 4 is 58.2 Å². The fourth-order valence-corrected chi connectivity index (χ4v) is 19.7. The first-order valence-electron chi connectivity index (χ1n) is 37.4. The summed E-state index contributed by atoms with van der Waals surface area (Å²) in [5.41, 5.74) is 2.02. The number of benzene rings is 1. The van der Waals surface area contributed by atoms with Crippen LogP contribution in [0.1, 0.15) is 285 Å². The summed E-state index contributed by atoms with van der Waals surface area (Å²) in [6, 6.07) is 8.34. The SMILES string of the molecule is CC(C)(C)C(=O)C1CC(F)(F)CN1C(C)(C)C.CC(C)(C)C(=O)C1CC2(CN1C(C)(C)C)SCCCS2.CC(C)(C)C(=O)C1CC2(Cc3ccccc3C2)CN1C(C)(C)C.CC1=NOC2(C1)CC(C(=O)C(C)(C)C)N(C(C)(C)C)C2.CCC1C(C)CN(C(C)(C)C)C1C(=O)C(C)(C)C. The van der Waals surface area contributed by atoms with Gasteiger partial charge in [-0.05, 0) is 183 Å². The van der Waals surface area contributed by atoms with Gasteiger partial charge in [-0.25, -0.2) is 8.78 Å². The number of halogens is 2. The first-order chi connectivity index (χ1) is 43.9. The first kappa shape index (κ1) is 86.0. The Kier molecular flexibility index (Phi) is 26.4. The predicted molar refractivity (Wildman–Crippen MR) is 410 cm³/mol. The molecule has 1 aromatic carbocycles. The van der Waals surface area contributed by atoms with Crippen LogP contribution >= 0.6 is 23.5 Å². The lowest BCUT2D eigenvalue weighted by atomic mass is 9.78. The van der Waals surface area contributed by atoms with Crippen LogP contribution in [0, 0.1) is 44.3 Å². The number of hydrogen-bond donors (Lipinski definition) is 0. The maximum absolute atomic E-state index is 13.5. The van der Waals surface area contributed by atoms with Crippen LogP contribution in [0.2, 0.25) is 0 Å². The second-order valence-electron chi connectivity index (χ2n) is 41.2. The Hall–Kier alpha value is -2.60. The molecule has 7 heterocycles. The molecule has 7 aliphatic heterocycles. The highest BCUT2D eigenvalue weighted by atomic mass is 32.2. The number of Topliss-reactive ketones (excluding diaryl/α,β-unsaturated/α-hetero) is 5. The molecule has 0 amide bonds. The van der Waals surface area contributed by atoms with Crippen LogP contribution in [0.4, 0.5) is 8.78 Å². The molecule has 0 radical (unpaired) electrons. The third kappa shape index (κ3) is 21.3. The van der Waals surface area contributed by atoms with Gasteiger partial charge in [-0.3, -0.25) is 48.5 Å². The molecule has 562 valence electrons. The number of hydrogen-bond acceptors (Lipinski definition) is 14. The number of alkyl halides is 2. The lowest BCUT2D eigenvalue weighted by molar-refractivity contribution is -0.134. The lowest BCUT2D eigenvalue weighted by Crippen LogP contribution is -2.52. The number of fused-ring (bicyclic) bond motifs is 1. The zero-order valence-corrected chi connectivity index (χ0v) is 70.0. The molecule has 6 saturated heterocycles. The fraction of sp³-hybridized carbons (Fsp3) is 0.854. The van der Waals surface area contributed by atoms with Crippen LogP contribution in [-0.2, 0) is 41.7 Å². The van der Waals surface area contributed by atoms with E-state index in [0.717, 1.165) is 76.8 Å². The molecule has 8 unspecified atom stereocenters. The van der Waals surface area contributed by atoms with E-state index in [1.54, 1.807) is 25.7 Å². The molecule has 6 fully saturated rings. The van der Waals surface area contributed by atoms with Gasteiger partial charge in [-0.1, -0.05) is 154 Å². The van der Waals surface area contributed by atoms with Gasteiger partial charge in [0.15, 0.2) is 34.5 Å². The number of ketones is 5. The van der Waals surface area contributed by atoms with Crippen molar-refractivity contribution in [3.63, 3.8) is 0 Å². The standard InChI is InChI=1S/C21H31NO.C16H28N2O2.C16H29NOS2.C16H31NO.C13H23F2NO/c1-19(2,3)18(23)17-13-21(14-22(17)20(4,5)6)11-15-9-7-8-10-16(15)12-21;1-11-8-16(20-17-11)9-12(13(19)14(2,3)4)18(10-16)15(5,6)7;1-14(2,3)13(18)12-10-16(19-8-7-9-20-16)11-17(12)15(4,5)6;1-9-12-11(2)10-17(16(6,7)8)13(12)14(18)15(3,4)5;1-11(2,3)10(17)9-7-13(14,15)8-16(9)12(4,5)6/h7-10,17H,11-14H2,1-6H3;12H,8-10H2,1-7H3;12H,7-11H2,1-6H3;11-13H,9-10H2,1-8H3;9H,7-8H2,1-6H3. The fourth-order valence-electron chi connectivity index (χ4n) is 16.4. The molecule has 16 heteroatoms. The molecule has 0 N–H and O–H groups in total. The van der Waals surface area contributed by atoms with E-state index in [1.807, 2.05) is 69.2 Å². The van der Waals surface area contributed by atoms with Gasteiger partial charge in [0.25, 0.3) is 5.92 Å². The van der Waals surface area contributed by atoms with Gasteiger partial charge in [0.2, 0.25) is 0 Å². The quantitative estimate of drug-likeness (QED) is 0.269. The van der Waals surface area contributed by atoms with Crippen LogP contribution in [0.15, 0.2) is 29.4 Å². The van der Waals surface area contributed by atoms with Crippen molar-refractivity contribution in [2.24, 2.45) is 49.5 Å². The highest BCUT2D eigenvalue weighted by molar-refractivity contribution is 8.18. The topological polar surface area (TPSA) is 123 Å². The summed E-state index contributed by atoms with van der Waals surface area (Å²) in [5.74, 6) is 2.32. The molecule has 3 spiro atoms. The summed E-state index contributed by atoms with van der Waals surface area (Å²) in [4.78, 5) is 80.9. The van der Waals surface area contributed by atoms with E-state index in [0.29, 0.717) is 35.0 Å². The summed E-state index contributed by atoms with van der Waals surface area (Å²) in [5, 5.41) is 4.12. The molecule has 98 heavy (non-hydrogen) atoms. The van der Waals surface area contributed by atoms with Crippen LogP contribution in [0.5, 0.6) is 0 Å². The van der Waals surface area contributed by atoms with Crippen LogP contribution in [-0.4, -0.2) is 177 Å². The maximum atomic E-state index is 13.5. The number of carbonyl (C=O) groups excluding carboxylic acids is 5. The van der Waals surface area contributed by atoms with Crippen molar-refractivity contribution in [1.82, 2.24) is 24.5 Å². The summed E-state index contributed by atoms with van der Waals surface area (Å²) in [7, 11) is 0. The third-order valence-electron chi connectivity index (χ3n) is 21.6. The van der Waals surface area contributed by atoms with Gasteiger partial charge in [-0.2, -0.15) is 0 Å². The number of carbonyl (C=O) groups is 5. The number of rotatable bonds is 6. The smallest absolute Gasteiger partial charge is 0.262 e.